The molecule has 0 aromatic heterocycles. The Kier molecular flexibility index (Phi) is 2.68. The third-order valence-electron chi connectivity index (χ3n) is 2.25. The summed E-state index contributed by atoms with van der Waals surface area (Å²) in [6.07, 6.45) is 0.979. The van der Waals surface area contributed by atoms with E-state index in [0.717, 1.165) is 5.71 Å². The van der Waals surface area contributed by atoms with E-state index in [2.05, 4.69) is 10.4 Å². The number of hydrogen-bond donors (Lipinski definition) is 1. The summed E-state index contributed by atoms with van der Waals surface area (Å²) >= 11 is 0. The van der Waals surface area contributed by atoms with Crippen LogP contribution in [0, 0.1) is 0 Å². The first-order chi connectivity index (χ1) is 7.70. The Hall–Kier alpha value is -2.17. The highest BCUT2D eigenvalue weighted by Gasteiger charge is 2.22. The Labute approximate surface area is 92.7 Å². The summed E-state index contributed by atoms with van der Waals surface area (Å²) in [5.74, 6) is -0.0337. The smallest absolute Gasteiger partial charge is 0.253 e. The van der Waals surface area contributed by atoms with Crippen LogP contribution < -0.4 is 10.3 Å². The molecule has 1 aliphatic rings. The molecule has 1 aromatic rings. The maximum atomic E-state index is 11.5. The molecule has 1 N–H and O–H groups in total. The SMILES string of the molecule is CC1=NN(c2ccc(NC=O)cc2)C(=O)C1. The van der Waals surface area contributed by atoms with Crippen LogP contribution in [0.4, 0.5) is 11.4 Å². The van der Waals surface area contributed by atoms with Gasteiger partial charge in [0.2, 0.25) is 6.41 Å². The van der Waals surface area contributed by atoms with Gasteiger partial charge in [0.1, 0.15) is 0 Å². The molecule has 0 unspecified atom stereocenters. The van der Waals surface area contributed by atoms with Crippen LogP contribution >= 0.6 is 0 Å². The summed E-state index contributed by atoms with van der Waals surface area (Å²) in [4.78, 5) is 21.7. The first kappa shape index (κ1) is 10.4. The number of nitrogens with one attached hydrogen (secondary N) is 1. The summed E-state index contributed by atoms with van der Waals surface area (Å²) in [6.45, 7) is 1.82. The number of benzene rings is 1. The normalized spacial score (nSPS) is 14.9. The lowest BCUT2D eigenvalue weighted by molar-refractivity contribution is -0.117. The third-order valence-corrected chi connectivity index (χ3v) is 2.25. The van der Waals surface area contributed by atoms with Gasteiger partial charge in [-0.25, -0.2) is 5.01 Å². The second-order valence-corrected chi connectivity index (χ2v) is 3.53. The van der Waals surface area contributed by atoms with Gasteiger partial charge >= 0.3 is 0 Å². The molecule has 0 radical (unpaired) electrons. The molecule has 0 spiro atoms. The zero-order chi connectivity index (χ0) is 11.5. The minimum atomic E-state index is -0.0337. The van der Waals surface area contributed by atoms with E-state index in [1.165, 1.54) is 5.01 Å². The highest BCUT2D eigenvalue weighted by molar-refractivity contribution is 6.12. The fourth-order valence-electron chi connectivity index (χ4n) is 1.52. The first-order valence-electron chi connectivity index (χ1n) is 4.88. The third kappa shape index (κ3) is 1.93. The molecule has 16 heavy (non-hydrogen) atoms. The first-order valence-corrected chi connectivity index (χ1v) is 4.88. The Morgan fingerprint density at radius 3 is 2.56 bits per heavy atom. The average molecular weight is 217 g/mol. The minimum absolute atomic E-state index is 0.0337. The van der Waals surface area contributed by atoms with Crippen molar-refractivity contribution in [2.45, 2.75) is 13.3 Å². The van der Waals surface area contributed by atoms with Crippen LogP contribution in [0.15, 0.2) is 29.4 Å². The molecule has 82 valence electrons. The molecule has 1 heterocycles. The highest BCUT2D eigenvalue weighted by atomic mass is 16.2. The van der Waals surface area contributed by atoms with Crippen molar-refractivity contribution in [3.63, 3.8) is 0 Å². The van der Waals surface area contributed by atoms with E-state index in [0.29, 0.717) is 24.2 Å². The Morgan fingerprint density at radius 2 is 2.06 bits per heavy atom. The maximum absolute atomic E-state index is 11.5. The van der Waals surface area contributed by atoms with Gasteiger partial charge < -0.3 is 5.32 Å². The van der Waals surface area contributed by atoms with E-state index in [1.54, 1.807) is 24.3 Å². The van der Waals surface area contributed by atoms with E-state index >= 15 is 0 Å². The summed E-state index contributed by atoms with van der Waals surface area (Å²) in [7, 11) is 0. The average Bonchev–Trinajstić information content (AvgIpc) is 2.59. The summed E-state index contributed by atoms with van der Waals surface area (Å²) in [5, 5.41) is 8.03. The van der Waals surface area contributed by atoms with Crippen molar-refractivity contribution >= 4 is 29.4 Å². The van der Waals surface area contributed by atoms with Gasteiger partial charge in [-0.3, -0.25) is 9.59 Å². The molecule has 2 amide bonds. The molecule has 5 heteroatoms. The molecule has 1 aliphatic heterocycles. The fraction of sp³-hybridized carbons (Fsp3) is 0.182. The molecular formula is C11H11N3O2. The van der Waals surface area contributed by atoms with Gasteiger partial charge in [0.15, 0.2) is 0 Å². The number of anilines is 2. The molecule has 0 atom stereocenters. The van der Waals surface area contributed by atoms with Crippen molar-refractivity contribution < 1.29 is 9.59 Å². The lowest BCUT2D eigenvalue weighted by Crippen LogP contribution is -2.19. The van der Waals surface area contributed by atoms with E-state index in [-0.39, 0.29) is 5.91 Å². The second-order valence-electron chi connectivity index (χ2n) is 3.53. The number of carbonyl (C=O) groups is 2. The maximum Gasteiger partial charge on any atom is 0.253 e. The Morgan fingerprint density at radius 1 is 1.38 bits per heavy atom. The van der Waals surface area contributed by atoms with Crippen LogP contribution in [-0.4, -0.2) is 18.0 Å². The molecule has 0 bridgehead atoms. The predicted molar refractivity (Wildman–Crippen MR) is 61.3 cm³/mol. The predicted octanol–water partition coefficient (Wildman–Crippen LogP) is 1.37. The lowest BCUT2D eigenvalue weighted by atomic mass is 10.2. The molecule has 5 nitrogen and oxygen atoms in total. The topological polar surface area (TPSA) is 61.8 Å². The molecule has 0 saturated carbocycles. The number of nitrogens with zero attached hydrogens (tertiary/aromatic N) is 2. The monoisotopic (exact) mass is 217 g/mol. The van der Waals surface area contributed by atoms with E-state index in [4.69, 9.17) is 0 Å². The Bertz CT molecular complexity index is 451. The van der Waals surface area contributed by atoms with Gasteiger partial charge in [-0.05, 0) is 31.2 Å². The van der Waals surface area contributed by atoms with E-state index < -0.39 is 0 Å². The molecule has 0 fully saturated rings. The van der Waals surface area contributed by atoms with Crippen LogP contribution in [0.5, 0.6) is 0 Å². The highest BCUT2D eigenvalue weighted by Crippen LogP contribution is 2.22. The van der Waals surface area contributed by atoms with Crippen molar-refractivity contribution in [3.05, 3.63) is 24.3 Å². The van der Waals surface area contributed by atoms with Gasteiger partial charge in [0.05, 0.1) is 12.1 Å². The van der Waals surface area contributed by atoms with Crippen LogP contribution in [0.3, 0.4) is 0 Å². The summed E-state index contributed by atoms with van der Waals surface area (Å²) in [6, 6.07) is 6.93. The van der Waals surface area contributed by atoms with Crippen LogP contribution in [0.25, 0.3) is 0 Å². The van der Waals surface area contributed by atoms with Crippen LogP contribution in [-0.2, 0) is 9.59 Å². The van der Waals surface area contributed by atoms with Gasteiger partial charge in [0.25, 0.3) is 5.91 Å². The zero-order valence-corrected chi connectivity index (χ0v) is 8.80. The van der Waals surface area contributed by atoms with Crippen molar-refractivity contribution in [3.8, 4) is 0 Å². The quantitative estimate of drug-likeness (QED) is 0.777. The van der Waals surface area contributed by atoms with Crippen LogP contribution in [0.2, 0.25) is 0 Å². The van der Waals surface area contributed by atoms with Crippen LogP contribution in [0.1, 0.15) is 13.3 Å². The van der Waals surface area contributed by atoms with E-state index in [1.807, 2.05) is 6.92 Å². The number of carbonyl (C=O) groups excluding carboxylic acids is 2. The molecule has 0 aliphatic carbocycles. The van der Waals surface area contributed by atoms with Gasteiger partial charge in [0, 0.05) is 11.4 Å². The van der Waals surface area contributed by atoms with Gasteiger partial charge in [-0.15, -0.1) is 0 Å². The second kappa shape index (κ2) is 4.14. The standard InChI is InChI=1S/C11H11N3O2/c1-8-6-11(16)14(13-8)10-4-2-9(3-5-10)12-7-15/h2-5,7H,6H2,1H3,(H,12,15). The van der Waals surface area contributed by atoms with Crippen molar-refractivity contribution in [2.75, 3.05) is 10.3 Å². The van der Waals surface area contributed by atoms with Crippen molar-refractivity contribution in [1.82, 2.24) is 0 Å². The fourth-order valence-corrected chi connectivity index (χ4v) is 1.52. The summed E-state index contributed by atoms with van der Waals surface area (Å²) < 4.78 is 0. The van der Waals surface area contributed by atoms with Crippen molar-refractivity contribution in [2.24, 2.45) is 5.10 Å². The van der Waals surface area contributed by atoms with Crippen molar-refractivity contribution in [1.29, 1.82) is 0 Å². The summed E-state index contributed by atoms with van der Waals surface area (Å²) in [5.41, 5.74) is 2.20. The molecule has 0 saturated heterocycles. The molecule has 1 aromatic carbocycles. The molecular weight excluding hydrogens is 206 g/mol. The number of rotatable bonds is 3. The Balaban J connectivity index is 2.21. The lowest BCUT2D eigenvalue weighted by Gasteiger charge is -2.11. The number of hydrazone groups is 1. The zero-order valence-electron chi connectivity index (χ0n) is 8.80. The van der Waals surface area contributed by atoms with Gasteiger partial charge in [-0.1, -0.05) is 0 Å². The number of amides is 2. The largest absolute Gasteiger partial charge is 0.329 e. The minimum Gasteiger partial charge on any atom is -0.329 e. The van der Waals surface area contributed by atoms with E-state index in [9.17, 15) is 9.59 Å². The van der Waals surface area contributed by atoms with Gasteiger partial charge in [-0.2, -0.15) is 5.10 Å². The molecule has 2 rings (SSSR count). The number of hydrogen-bond acceptors (Lipinski definition) is 3.